The smallest absolute Gasteiger partial charge is 0.338 e. The lowest BCUT2D eigenvalue weighted by Gasteiger charge is -2.08. The molecule has 0 aliphatic rings. The monoisotopic (exact) mass is 352 g/mol. The lowest BCUT2D eigenvalue weighted by Crippen LogP contribution is -2.19. The zero-order chi connectivity index (χ0) is 18.4. The standard InChI is InChI=1S/C19H20N4O3/c1-2-3-11-26-19(25)14-7-6-8-15(12-14)20-18(24)13-23-17-10-5-4-9-16(17)21-22-23/h4-10,12H,2-3,11,13H2,1H3,(H,20,24). The first-order chi connectivity index (χ1) is 12.7. The molecule has 0 radical (unpaired) electrons. The van der Waals surface area contributed by atoms with Crippen LogP contribution in [0.1, 0.15) is 30.1 Å². The Balaban J connectivity index is 1.64. The van der Waals surface area contributed by atoms with Crippen molar-refractivity contribution in [1.29, 1.82) is 0 Å². The van der Waals surface area contributed by atoms with Crippen molar-refractivity contribution in [3.63, 3.8) is 0 Å². The molecule has 26 heavy (non-hydrogen) atoms. The van der Waals surface area contributed by atoms with E-state index < -0.39 is 5.97 Å². The van der Waals surface area contributed by atoms with Crippen molar-refractivity contribution in [2.24, 2.45) is 0 Å². The number of hydrogen-bond donors (Lipinski definition) is 1. The molecular weight excluding hydrogens is 332 g/mol. The quantitative estimate of drug-likeness (QED) is 0.522. The summed E-state index contributed by atoms with van der Waals surface area (Å²) in [5, 5.41) is 10.8. The molecule has 7 heteroatoms. The van der Waals surface area contributed by atoms with Gasteiger partial charge in [0, 0.05) is 5.69 Å². The highest BCUT2D eigenvalue weighted by atomic mass is 16.5. The number of para-hydroxylation sites is 1. The first-order valence-corrected chi connectivity index (χ1v) is 8.52. The van der Waals surface area contributed by atoms with E-state index in [2.05, 4.69) is 15.6 Å². The molecule has 0 bridgehead atoms. The average Bonchev–Trinajstić information content (AvgIpc) is 3.05. The lowest BCUT2D eigenvalue weighted by molar-refractivity contribution is -0.116. The lowest BCUT2D eigenvalue weighted by atomic mass is 10.2. The van der Waals surface area contributed by atoms with Crippen molar-refractivity contribution < 1.29 is 14.3 Å². The van der Waals surface area contributed by atoms with Gasteiger partial charge in [0.15, 0.2) is 0 Å². The number of amides is 1. The van der Waals surface area contributed by atoms with Gasteiger partial charge in [-0.05, 0) is 36.8 Å². The fourth-order valence-corrected chi connectivity index (χ4v) is 2.49. The number of rotatable bonds is 7. The number of aromatic nitrogens is 3. The van der Waals surface area contributed by atoms with Gasteiger partial charge in [-0.1, -0.05) is 36.8 Å². The second kappa shape index (κ2) is 8.24. The summed E-state index contributed by atoms with van der Waals surface area (Å²) in [7, 11) is 0. The maximum atomic E-state index is 12.3. The Hall–Kier alpha value is -3.22. The van der Waals surface area contributed by atoms with Crippen molar-refractivity contribution in [2.75, 3.05) is 11.9 Å². The molecule has 1 aromatic heterocycles. The summed E-state index contributed by atoms with van der Waals surface area (Å²) in [6, 6.07) is 14.1. The van der Waals surface area contributed by atoms with E-state index in [1.807, 2.05) is 31.2 Å². The van der Waals surface area contributed by atoms with Crippen molar-refractivity contribution in [2.45, 2.75) is 26.3 Å². The van der Waals surface area contributed by atoms with Gasteiger partial charge in [-0.2, -0.15) is 0 Å². The Morgan fingerprint density at radius 3 is 2.85 bits per heavy atom. The second-order valence-corrected chi connectivity index (χ2v) is 5.85. The minimum atomic E-state index is -0.392. The van der Waals surface area contributed by atoms with Crippen LogP contribution < -0.4 is 5.32 Å². The number of fused-ring (bicyclic) bond motifs is 1. The van der Waals surface area contributed by atoms with Gasteiger partial charge in [0.05, 0.1) is 17.7 Å². The normalized spacial score (nSPS) is 10.7. The molecule has 7 nitrogen and oxygen atoms in total. The number of hydrogen-bond acceptors (Lipinski definition) is 5. The minimum absolute atomic E-state index is 0.0334. The number of benzene rings is 2. The summed E-state index contributed by atoms with van der Waals surface area (Å²) in [6.07, 6.45) is 1.79. The largest absolute Gasteiger partial charge is 0.462 e. The summed E-state index contributed by atoms with van der Waals surface area (Å²) in [4.78, 5) is 24.3. The van der Waals surface area contributed by atoms with Crippen molar-refractivity contribution in [1.82, 2.24) is 15.0 Å². The zero-order valence-electron chi connectivity index (χ0n) is 14.5. The molecule has 3 aromatic rings. The molecule has 0 aliphatic heterocycles. The third kappa shape index (κ3) is 4.24. The molecule has 0 fully saturated rings. The predicted molar refractivity (Wildman–Crippen MR) is 97.8 cm³/mol. The molecule has 0 aliphatic carbocycles. The van der Waals surface area contributed by atoms with Crippen LogP contribution in [-0.2, 0) is 16.1 Å². The van der Waals surface area contributed by atoms with E-state index in [-0.39, 0.29) is 12.5 Å². The van der Waals surface area contributed by atoms with Crippen LogP contribution in [0.25, 0.3) is 11.0 Å². The van der Waals surface area contributed by atoms with Gasteiger partial charge in [-0.25, -0.2) is 9.48 Å². The number of nitrogens with one attached hydrogen (secondary N) is 1. The number of carbonyl (C=O) groups is 2. The van der Waals surface area contributed by atoms with Crippen LogP contribution in [0.3, 0.4) is 0 Å². The molecule has 1 N–H and O–H groups in total. The Bertz CT molecular complexity index is 920. The first kappa shape index (κ1) is 17.6. The van der Waals surface area contributed by atoms with Crippen molar-refractivity contribution in [3.05, 3.63) is 54.1 Å². The van der Waals surface area contributed by atoms with Gasteiger partial charge in [-0.15, -0.1) is 5.10 Å². The van der Waals surface area contributed by atoms with Gasteiger partial charge in [0.2, 0.25) is 5.91 Å². The maximum Gasteiger partial charge on any atom is 0.338 e. The van der Waals surface area contributed by atoms with E-state index in [0.717, 1.165) is 23.9 Å². The van der Waals surface area contributed by atoms with Gasteiger partial charge in [0.1, 0.15) is 12.1 Å². The van der Waals surface area contributed by atoms with Gasteiger partial charge >= 0.3 is 5.97 Å². The molecule has 1 heterocycles. The van der Waals surface area contributed by atoms with E-state index in [4.69, 9.17) is 4.74 Å². The van der Waals surface area contributed by atoms with E-state index in [1.165, 1.54) is 4.68 Å². The van der Waals surface area contributed by atoms with Crippen LogP contribution in [0.2, 0.25) is 0 Å². The number of carbonyl (C=O) groups excluding carboxylic acids is 2. The molecule has 134 valence electrons. The number of nitrogens with zero attached hydrogens (tertiary/aromatic N) is 3. The van der Waals surface area contributed by atoms with Gasteiger partial charge < -0.3 is 10.1 Å². The summed E-state index contributed by atoms with van der Waals surface area (Å²) in [6.45, 7) is 2.46. The second-order valence-electron chi connectivity index (χ2n) is 5.85. The fourth-order valence-electron chi connectivity index (χ4n) is 2.49. The van der Waals surface area contributed by atoms with Gasteiger partial charge in [-0.3, -0.25) is 4.79 Å². The number of esters is 1. The zero-order valence-corrected chi connectivity index (χ0v) is 14.5. The highest BCUT2D eigenvalue weighted by Gasteiger charge is 2.11. The highest BCUT2D eigenvalue weighted by molar-refractivity contribution is 5.94. The number of ether oxygens (including phenoxy) is 1. The minimum Gasteiger partial charge on any atom is -0.462 e. The van der Waals surface area contributed by atoms with E-state index >= 15 is 0 Å². The maximum absolute atomic E-state index is 12.3. The first-order valence-electron chi connectivity index (χ1n) is 8.52. The van der Waals surface area contributed by atoms with Crippen LogP contribution in [0.4, 0.5) is 5.69 Å². The van der Waals surface area contributed by atoms with E-state index in [0.29, 0.717) is 17.9 Å². The molecule has 0 saturated heterocycles. The topological polar surface area (TPSA) is 86.1 Å². The molecule has 0 atom stereocenters. The Kier molecular flexibility index (Phi) is 5.58. The Morgan fingerprint density at radius 2 is 2.00 bits per heavy atom. The SMILES string of the molecule is CCCCOC(=O)c1cccc(NC(=O)Cn2nnc3ccccc32)c1. The summed E-state index contributed by atoms with van der Waals surface area (Å²) >= 11 is 0. The van der Waals surface area contributed by atoms with Crippen LogP contribution in [0.15, 0.2) is 48.5 Å². The molecule has 0 spiro atoms. The number of anilines is 1. The van der Waals surface area contributed by atoms with E-state index in [1.54, 1.807) is 24.3 Å². The van der Waals surface area contributed by atoms with Crippen LogP contribution in [0.5, 0.6) is 0 Å². The van der Waals surface area contributed by atoms with Crippen LogP contribution in [-0.4, -0.2) is 33.5 Å². The molecule has 3 rings (SSSR count). The highest BCUT2D eigenvalue weighted by Crippen LogP contribution is 2.13. The predicted octanol–water partition coefficient (Wildman–Crippen LogP) is 3.03. The summed E-state index contributed by atoms with van der Waals surface area (Å²) in [5.41, 5.74) is 2.46. The third-order valence-electron chi connectivity index (χ3n) is 3.83. The molecule has 0 unspecified atom stereocenters. The fraction of sp³-hybridized carbons (Fsp3) is 0.263. The summed E-state index contributed by atoms with van der Waals surface area (Å²) in [5.74, 6) is -0.644. The van der Waals surface area contributed by atoms with Crippen LogP contribution >= 0.6 is 0 Å². The Labute approximate surface area is 151 Å². The average molecular weight is 352 g/mol. The van der Waals surface area contributed by atoms with Crippen molar-refractivity contribution in [3.8, 4) is 0 Å². The molecule has 1 amide bonds. The number of unbranched alkanes of at least 4 members (excludes halogenated alkanes) is 1. The third-order valence-corrected chi connectivity index (χ3v) is 3.83. The summed E-state index contributed by atoms with van der Waals surface area (Å²) < 4.78 is 6.72. The molecule has 0 saturated carbocycles. The molecular formula is C19H20N4O3. The van der Waals surface area contributed by atoms with Gasteiger partial charge in [0.25, 0.3) is 0 Å². The van der Waals surface area contributed by atoms with Crippen molar-refractivity contribution >= 4 is 28.6 Å². The van der Waals surface area contributed by atoms with Crippen LogP contribution in [0, 0.1) is 0 Å². The van der Waals surface area contributed by atoms with E-state index in [9.17, 15) is 9.59 Å². The Morgan fingerprint density at radius 1 is 1.15 bits per heavy atom. The molecule has 2 aromatic carbocycles.